The van der Waals surface area contributed by atoms with E-state index in [0.717, 1.165) is 23.1 Å². The van der Waals surface area contributed by atoms with Gasteiger partial charge in [0.15, 0.2) is 5.82 Å². The van der Waals surface area contributed by atoms with Gasteiger partial charge in [-0.3, -0.25) is 4.90 Å². The van der Waals surface area contributed by atoms with Gasteiger partial charge in [0.2, 0.25) is 0 Å². The van der Waals surface area contributed by atoms with E-state index in [9.17, 15) is 18.0 Å². The average Bonchev–Trinajstić information content (AvgIpc) is 3.17. The molecule has 2 amide bonds. The molecular weight excluding hydrogens is 411 g/mol. The Morgan fingerprint density at radius 3 is 2.55 bits per heavy atom. The van der Waals surface area contributed by atoms with Crippen LogP contribution >= 0.6 is 11.6 Å². The number of nitrogens with zero attached hydrogens (tertiary/aromatic N) is 6. The van der Waals surface area contributed by atoms with Gasteiger partial charge in [0.25, 0.3) is 5.95 Å². The molecule has 29 heavy (non-hydrogen) atoms. The lowest BCUT2D eigenvalue weighted by molar-refractivity contribution is -0.137. The number of carbonyl (C=O) groups is 1. The van der Waals surface area contributed by atoms with E-state index in [4.69, 9.17) is 11.6 Å². The van der Waals surface area contributed by atoms with E-state index < -0.39 is 23.8 Å². The highest BCUT2D eigenvalue weighted by Gasteiger charge is 2.31. The minimum absolute atomic E-state index is 0.122. The lowest BCUT2D eigenvalue weighted by atomic mass is 10.2. The van der Waals surface area contributed by atoms with Crippen molar-refractivity contribution in [2.75, 3.05) is 11.9 Å². The lowest BCUT2D eigenvalue weighted by Gasteiger charge is -2.22. The Kier molecular flexibility index (Phi) is 5.69. The molecule has 0 spiro atoms. The zero-order valence-electron chi connectivity index (χ0n) is 15.2. The van der Waals surface area contributed by atoms with Gasteiger partial charge in [-0.15, -0.1) is 0 Å². The minimum Gasteiger partial charge on any atom is -0.328 e. The molecule has 0 aliphatic heterocycles. The Morgan fingerprint density at radius 1 is 1.24 bits per heavy atom. The number of benzene rings is 1. The number of amides is 2. The Bertz CT molecular complexity index is 1010. The summed E-state index contributed by atoms with van der Waals surface area (Å²) in [5.74, 6) is 0.650. The Balaban J connectivity index is 1.76. The maximum absolute atomic E-state index is 12.8. The number of hydrogen-bond acceptors (Lipinski definition) is 5. The highest BCUT2D eigenvalue weighted by Crippen LogP contribution is 2.34. The molecule has 1 atom stereocenters. The first-order valence-electron chi connectivity index (χ1n) is 8.26. The molecule has 0 aliphatic carbocycles. The number of urea groups is 1. The third-order valence-electron chi connectivity index (χ3n) is 3.98. The molecule has 0 bridgehead atoms. The van der Waals surface area contributed by atoms with E-state index in [1.54, 1.807) is 13.0 Å². The van der Waals surface area contributed by atoms with Crippen LogP contribution in [0.5, 0.6) is 0 Å². The predicted molar refractivity (Wildman–Crippen MR) is 98.8 cm³/mol. The van der Waals surface area contributed by atoms with Gasteiger partial charge in [0, 0.05) is 19.4 Å². The molecular formula is C17H15ClF3N7O. The Morgan fingerprint density at radius 2 is 1.93 bits per heavy atom. The predicted octanol–water partition coefficient (Wildman–Crippen LogP) is 3.64. The first-order valence-corrected chi connectivity index (χ1v) is 8.64. The van der Waals surface area contributed by atoms with Crippen molar-refractivity contribution >= 4 is 23.3 Å². The number of rotatable bonds is 4. The fourth-order valence-electron chi connectivity index (χ4n) is 2.51. The van der Waals surface area contributed by atoms with Crippen LogP contribution in [0.25, 0.3) is 5.95 Å². The minimum atomic E-state index is -4.53. The summed E-state index contributed by atoms with van der Waals surface area (Å²) >= 11 is 5.95. The first-order chi connectivity index (χ1) is 13.7. The quantitative estimate of drug-likeness (QED) is 0.689. The van der Waals surface area contributed by atoms with Crippen LogP contribution in [0, 0.1) is 0 Å². The molecule has 0 aliphatic rings. The molecule has 0 fully saturated rings. The second kappa shape index (κ2) is 8.03. The second-order valence-corrected chi connectivity index (χ2v) is 6.38. The number of nitrogens with one attached hydrogen (secondary N) is 1. The fourth-order valence-corrected chi connectivity index (χ4v) is 2.82. The number of aromatic nitrogens is 5. The standard InChI is InChI=1S/C17H15ClF3N7O/c1-10(14-24-9-25-28(14)15-22-6-3-7-23-15)26-16(29)27(2)13-5-4-11(8-12(13)18)17(19,20)21/h3-10H,1-2H3,(H,26,29). The van der Waals surface area contributed by atoms with Crippen LogP contribution in [0.1, 0.15) is 24.4 Å². The summed E-state index contributed by atoms with van der Waals surface area (Å²) in [6, 6.07) is 3.21. The molecule has 0 radical (unpaired) electrons. The summed E-state index contributed by atoms with van der Waals surface area (Å²) in [6.45, 7) is 1.67. The van der Waals surface area contributed by atoms with Crippen molar-refractivity contribution in [3.63, 3.8) is 0 Å². The van der Waals surface area contributed by atoms with Gasteiger partial charge in [0.1, 0.15) is 6.33 Å². The van der Waals surface area contributed by atoms with Gasteiger partial charge in [0.05, 0.1) is 22.3 Å². The third kappa shape index (κ3) is 4.45. The summed E-state index contributed by atoms with van der Waals surface area (Å²) in [4.78, 5) is 26.0. The van der Waals surface area contributed by atoms with E-state index >= 15 is 0 Å². The number of hydrogen-bond donors (Lipinski definition) is 1. The second-order valence-electron chi connectivity index (χ2n) is 5.97. The van der Waals surface area contributed by atoms with E-state index in [1.165, 1.54) is 30.5 Å². The van der Waals surface area contributed by atoms with Crippen molar-refractivity contribution in [3.05, 3.63) is 59.4 Å². The largest absolute Gasteiger partial charge is 0.416 e. The van der Waals surface area contributed by atoms with Gasteiger partial charge in [-0.2, -0.15) is 23.0 Å². The molecule has 0 saturated heterocycles. The molecule has 1 unspecified atom stereocenters. The van der Waals surface area contributed by atoms with E-state index in [2.05, 4.69) is 25.4 Å². The molecule has 152 valence electrons. The van der Waals surface area contributed by atoms with Gasteiger partial charge in [-0.05, 0) is 31.2 Å². The van der Waals surface area contributed by atoms with Gasteiger partial charge < -0.3 is 5.32 Å². The van der Waals surface area contributed by atoms with E-state index in [0.29, 0.717) is 5.82 Å². The first kappa shape index (κ1) is 20.5. The molecule has 2 aromatic heterocycles. The number of halogens is 4. The molecule has 12 heteroatoms. The smallest absolute Gasteiger partial charge is 0.328 e. The fraction of sp³-hybridized carbons (Fsp3) is 0.235. The van der Waals surface area contributed by atoms with Gasteiger partial charge >= 0.3 is 12.2 Å². The van der Waals surface area contributed by atoms with Crippen molar-refractivity contribution in [1.82, 2.24) is 30.0 Å². The summed E-state index contributed by atoms with van der Waals surface area (Å²) in [7, 11) is 1.39. The third-order valence-corrected chi connectivity index (χ3v) is 4.29. The molecule has 1 N–H and O–H groups in total. The van der Waals surface area contributed by atoms with Crippen LogP contribution in [0.3, 0.4) is 0 Å². The molecule has 2 heterocycles. The van der Waals surface area contributed by atoms with E-state index in [-0.39, 0.29) is 16.7 Å². The van der Waals surface area contributed by atoms with Crippen molar-refractivity contribution < 1.29 is 18.0 Å². The zero-order valence-corrected chi connectivity index (χ0v) is 16.0. The Labute approximate surface area is 168 Å². The van der Waals surface area contributed by atoms with Gasteiger partial charge in [-0.1, -0.05) is 11.6 Å². The molecule has 3 aromatic rings. The summed E-state index contributed by atoms with van der Waals surface area (Å²) in [5.41, 5.74) is -0.776. The summed E-state index contributed by atoms with van der Waals surface area (Å²) in [6.07, 6.45) is -0.152. The van der Waals surface area contributed by atoms with Crippen molar-refractivity contribution in [2.45, 2.75) is 19.1 Å². The maximum Gasteiger partial charge on any atom is 0.416 e. The number of anilines is 1. The van der Waals surface area contributed by atoms with Crippen LogP contribution in [-0.2, 0) is 6.18 Å². The lowest BCUT2D eigenvalue weighted by Crippen LogP contribution is -2.39. The van der Waals surface area contributed by atoms with E-state index in [1.807, 2.05) is 0 Å². The molecule has 3 rings (SSSR count). The van der Waals surface area contributed by atoms with Gasteiger partial charge in [-0.25, -0.2) is 19.7 Å². The average molecular weight is 426 g/mol. The normalized spacial score (nSPS) is 12.5. The Hall–Kier alpha value is -3.21. The van der Waals surface area contributed by atoms with Crippen LogP contribution in [-0.4, -0.2) is 37.8 Å². The molecule has 1 aromatic carbocycles. The topological polar surface area (TPSA) is 88.8 Å². The van der Waals surface area contributed by atoms with Crippen LogP contribution in [0.4, 0.5) is 23.7 Å². The van der Waals surface area contributed by atoms with Crippen LogP contribution in [0.2, 0.25) is 5.02 Å². The maximum atomic E-state index is 12.8. The molecule has 8 nitrogen and oxygen atoms in total. The summed E-state index contributed by atoms with van der Waals surface area (Å²) < 4.78 is 39.7. The van der Waals surface area contributed by atoms with Crippen molar-refractivity contribution in [2.24, 2.45) is 0 Å². The monoisotopic (exact) mass is 425 g/mol. The number of alkyl halides is 3. The van der Waals surface area contributed by atoms with Crippen molar-refractivity contribution in [3.8, 4) is 5.95 Å². The highest BCUT2D eigenvalue weighted by molar-refractivity contribution is 6.33. The summed E-state index contributed by atoms with van der Waals surface area (Å²) in [5, 5.41) is 6.54. The zero-order chi connectivity index (χ0) is 21.2. The SMILES string of the molecule is CC(NC(=O)N(C)c1ccc(C(F)(F)F)cc1Cl)c1ncnn1-c1ncccn1. The van der Waals surface area contributed by atoms with Crippen LogP contribution in [0.15, 0.2) is 43.0 Å². The highest BCUT2D eigenvalue weighted by atomic mass is 35.5. The number of carbonyl (C=O) groups excluding carboxylic acids is 1. The van der Waals surface area contributed by atoms with Crippen LogP contribution < -0.4 is 10.2 Å². The molecule has 0 saturated carbocycles. The van der Waals surface area contributed by atoms with Crippen molar-refractivity contribution in [1.29, 1.82) is 0 Å².